The Balaban J connectivity index is 1.56. The van der Waals surface area contributed by atoms with Gasteiger partial charge in [-0.25, -0.2) is 35.3 Å². The molecule has 5 aliphatic heterocycles. The van der Waals surface area contributed by atoms with Crippen LogP contribution in [0.25, 0.3) is 0 Å². The summed E-state index contributed by atoms with van der Waals surface area (Å²) in [6, 6.07) is -6.69. The van der Waals surface area contributed by atoms with Crippen molar-refractivity contribution in [2.24, 2.45) is 0 Å². The molecule has 0 aromatic heterocycles. The van der Waals surface area contributed by atoms with Crippen molar-refractivity contribution in [3.8, 4) is 0 Å². The van der Waals surface area contributed by atoms with Crippen molar-refractivity contribution in [3.63, 3.8) is 0 Å². The molecule has 54 heteroatoms. The SMILES string of the molecule is CC(=O)NC1C(OC2C(C(=O)O)OC(OC3C(COS(=O)(=O)O)OC(OC4C(C(=O)O)OC(OC5C(COS(=O)(=O)O)OC(O/C(=C/C(=O)O)CO)C(NC(C)=O)C5O)C(OS(=O)(=O)O)C4O)C(NC(C)=O)C3O)C(OS(=O)(=O)O)C2O)OC(COS(=O)(=O)O)C(O)C1O. The number of rotatable bonds is 30. The Kier molecular flexibility index (Phi) is 27.3. The number of carboxylic acids is 3. The Morgan fingerprint density at radius 3 is 1.04 bits per heavy atom. The van der Waals surface area contributed by atoms with Gasteiger partial charge >= 0.3 is 69.9 Å². The molecule has 0 saturated carbocycles. The predicted molar refractivity (Wildman–Crippen MR) is 276 cm³/mol. The number of carbonyl (C=O) groups excluding carboxylic acids is 3. The molecule has 5 heterocycles. The van der Waals surface area contributed by atoms with Crippen LogP contribution in [0.15, 0.2) is 11.8 Å². The van der Waals surface area contributed by atoms with Gasteiger partial charge in [0.2, 0.25) is 24.0 Å². The summed E-state index contributed by atoms with van der Waals surface area (Å²) in [6.45, 7) is -3.69. The second-order valence-corrected chi connectivity index (χ2v) is 25.4. The number of nitrogens with one attached hydrogen (secondary N) is 3. The highest BCUT2D eigenvalue weighted by atomic mass is 32.3. The maximum Gasteiger partial charge on any atom is 0.397 e. The molecule has 0 aliphatic carbocycles. The zero-order chi connectivity index (χ0) is 71.2. The Morgan fingerprint density at radius 1 is 0.404 bits per heavy atom. The normalized spacial score (nSPS) is 37.1. The Morgan fingerprint density at radius 2 is 0.723 bits per heavy atom. The molecule has 25 unspecified atom stereocenters. The standard InChI is InChI=1S/C40H61N3O46S5/c1-9(45)41-17-21(51)20(50)13(6-75-90(60,61)62)79-37(17)84-28-24(54)30(88-93(69,70)71)40(86-32(28)34(56)57)83-27-15(8-77-92(66,67)68)81-38(19(23(27)53)43-11(3)47)85-29-25(55)31(89-94(72,73)74)39(87-33(29)35(58)59)82-26-14(7-76-91(63,64)65)80-36(18(22(26)52)42-10(2)46)78-12(5-44)4-16(48)49/h4,13-15,17-33,36-40,44,50-55H,5-8H2,1-3H3,(H,41,45)(H,42,46)(H,43,47)(H,48,49)(H,56,57)(H,58,59)(H,60,61,62)(H,63,64,65)(H,66,67,68)(H,69,70,71)(H,72,73,74)/b12-4+. The van der Waals surface area contributed by atoms with E-state index in [1.165, 1.54) is 0 Å². The average molecular weight is 1480 g/mol. The number of carbonyl (C=O) groups is 6. The third-order valence-corrected chi connectivity index (χ3v) is 15.4. The van der Waals surface area contributed by atoms with Crippen molar-refractivity contribution >= 4 is 87.6 Å². The van der Waals surface area contributed by atoms with Gasteiger partial charge in [-0.05, 0) is 0 Å². The number of aliphatic carboxylic acids is 3. The van der Waals surface area contributed by atoms with Crippen molar-refractivity contribution in [1.29, 1.82) is 0 Å². The third kappa shape index (κ3) is 22.6. The molecular formula is C40H61N3O46S5. The fourth-order valence-electron chi connectivity index (χ4n) is 9.55. The summed E-state index contributed by atoms with van der Waals surface area (Å²) in [7, 11) is -28.7. The van der Waals surface area contributed by atoms with E-state index in [-0.39, 0.29) is 6.08 Å². The van der Waals surface area contributed by atoms with Gasteiger partial charge in [0.15, 0.2) is 49.6 Å². The largest absolute Gasteiger partial charge is 0.479 e. The number of hydrogen-bond donors (Lipinski definition) is 18. The highest BCUT2D eigenvalue weighted by molar-refractivity contribution is 7.81. The fourth-order valence-corrected chi connectivity index (χ4v) is 11.4. The third-order valence-electron chi connectivity index (χ3n) is 13.2. The van der Waals surface area contributed by atoms with E-state index in [2.05, 4.69) is 26.2 Å². The first-order chi connectivity index (χ1) is 43.1. The van der Waals surface area contributed by atoms with Crippen LogP contribution in [0.2, 0.25) is 0 Å². The van der Waals surface area contributed by atoms with Crippen molar-refractivity contribution in [1.82, 2.24) is 16.0 Å². The lowest BCUT2D eigenvalue weighted by molar-refractivity contribution is -0.373. The molecule has 542 valence electrons. The molecule has 49 nitrogen and oxygen atoms in total. The molecule has 0 aromatic carbocycles. The molecular weight excluding hydrogens is 1420 g/mol. The van der Waals surface area contributed by atoms with E-state index in [0.717, 1.165) is 13.8 Å². The van der Waals surface area contributed by atoms with Crippen molar-refractivity contribution < 1.29 is 213 Å². The van der Waals surface area contributed by atoms with Gasteiger partial charge in [0.25, 0.3) is 0 Å². The molecule has 25 atom stereocenters. The quantitative estimate of drug-likeness (QED) is 0.0180. The van der Waals surface area contributed by atoms with Crippen LogP contribution >= 0.6 is 0 Å². The predicted octanol–water partition coefficient (Wildman–Crippen LogP) is -12.2. The van der Waals surface area contributed by atoms with E-state index >= 15 is 0 Å². The van der Waals surface area contributed by atoms with Crippen LogP contribution in [0.3, 0.4) is 0 Å². The smallest absolute Gasteiger partial charge is 0.397 e. The van der Waals surface area contributed by atoms with Crippen LogP contribution in [0.4, 0.5) is 0 Å². The molecule has 0 spiro atoms. The van der Waals surface area contributed by atoms with Gasteiger partial charge in [-0.2, -0.15) is 42.1 Å². The molecule has 18 N–H and O–H groups in total. The summed E-state index contributed by atoms with van der Waals surface area (Å²) in [5, 5.41) is 115. The molecule has 0 aromatic rings. The Hall–Kier alpha value is -4.93. The van der Waals surface area contributed by atoms with E-state index in [4.69, 9.17) is 51.9 Å². The van der Waals surface area contributed by atoms with Crippen molar-refractivity contribution in [2.45, 2.75) is 174 Å². The van der Waals surface area contributed by atoms with Gasteiger partial charge in [-0.15, -0.1) is 0 Å². The van der Waals surface area contributed by atoms with Crippen molar-refractivity contribution in [2.75, 3.05) is 26.4 Å². The molecule has 5 saturated heterocycles. The van der Waals surface area contributed by atoms with Gasteiger partial charge in [-0.3, -0.25) is 37.1 Å². The second-order valence-electron chi connectivity index (χ2n) is 20.0. The zero-order valence-corrected chi connectivity index (χ0v) is 51.3. The Bertz CT molecular complexity index is 3320. The van der Waals surface area contributed by atoms with Gasteiger partial charge in [-0.1, -0.05) is 0 Å². The molecule has 0 bridgehead atoms. The number of aliphatic hydroxyl groups is 7. The lowest BCUT2D eigenvalue weighted by Crippen LogP contribution is -2.71. The highest BCUT2D eigenvalue weighted by Gasteiger charge is 2.61. The topological polar surface area (TPSA) is 751 Å². The number of amides is 3. The lowest BCUT2D eigenvalue weighted by atomic mass is 9.93. The van der Waals surface area contributed by atoms with Crippen LogP contribution in [-0.4, -0.2) is 331 Å². The van der Waals surface area contributed by atoms with E-state index in [1.54, 1.807) is 0 Å². The molecule has 5 fully saturated rings. The van der Waals surface area contributed by atoms with E-state index in [0.29, 0.717) is 6.92 Å². The minimum atomic E-state index is -6.05. The summed E-state index contributed by atoms with van der Waals surface area (Å²) in [5.74, 6) is -10.7. The zero-order valence-electron chi connectivity index (χ0n) is 47.2. The second kappa shape index (κ2) is 32.2. The first-order valence-electron chi connectivity index (χ1n) is 25.7. The summed E-state index contributed by atoms with van der Waals surface area (Å²) in [6.07, 6.45) is -58.9. The average Bonchev–Trinajstić information content (AvgIpc) is 0.769. The molecule has 94 heavy (non-hydrogen) atoms. The number of carboxylic acid groups (broad SMARTS) is 3. The van der Waals surface area contributed by atoms with Crippen molar-refractivity contribution in [3.05, 3.63) is 11.8 Å². The van der Waals surface area contributed by atoms with Gasteiger partial charge < -0.3 is 114 Å². The summed E-state index contributed by atoms with van der Waals surface area (Å²) in [4.78, 5) is 74.9. The summed E-state index contributed by atoms with van der Waals surface area (Å²) in [5.41, 5.74) is 0. The maximum absolute atomic E-state index is 13.1. The minimum absolute atomic E-state index is 0.231. The van der Waals surface area contributed by atoms with Crippen LogP contribution in [0, 0.1) is 0 Å². The number of ether oxygens (including phenoxy) is 10. The van der Waals surface area contributed by atoms with E-state index < -0.39 is 273 Å². The highest BCUT2D eigenvalue weighted by Crippen LogP contribution is 2.38. The molecule has 5 aliphatic rings. The number of hydrogen-bond acceptors (Lipinski definition) is 38. The monoisotopic (exact) mass is 1480 g/mol. The van der Waals surface area contributed by atoms with Crippen LogP contribution in [0.1, 0.15) is 20.8 Å². The van der Waals surface area contributed by atoms with Gasteiger partial charge in [0.1, 0.15) is 110 Å². The maximum atomic E-state index is 13.1. The minimum Gasteiger partial charge on any atom is -0.479 e. The Labute approximate surface area is 527 Å². The molecule has 3 amide bonds. The van der Waals surface area contributed by atoms with Crippen LogP contribution in [0.5, 0.6) is 0 Å². The van der Waals surface area contributed by atoms with E-state index in [9.17, 15) is 140 Å². The van der Waals surface area contributed by atoms with Gasteiger partial charge in [0.05, 0.1) is 25.9 Å². The summed E-state index contributed by atoms with van der Waals surface area (Å²) < 4.78 is 245. The molecule has 0 radical (unpaired) electrons. The number of aliphatic hydroxyl groups excluding tert-OH is 7. The van der Waals surface area contributed by atoms with Gasteiger partial charge in [0, 0.05) is 20.8 Å². The van der Waals surface area contributed by atoms with Crippen LogP contribution in [-0.2, 0) is 149 Å². The van der Waals surface area contributed by atoms with Crippen LogP contribution < -0.4 is 16.0 Å². The first kappa shape index (κ1) is 79.8. The summed E-state index contributed by atoms with van der Waals surface area (Å²) >= 11 is 0. The molecule has 5 rings (SSSR count). The lowest BCUT2D eigenvalue weighted by Gasteiger charge is -2.50. The van der Waals surface area contributed by atoms with E-state index in [1.807, 2.05) is 10.6 Å². The first-order valence-corrected chi connectivity index (χ1v) is 32.5. The fraction of sp³-hybridized carbons (Fsp3) is 0.800.